The van der Waals surface area contributed by atoms with Gasteiger partial charge in [0.25, 0.3) is 0 Å². The highest BCUT2D eigenvalue weighted by Gasteiger charge is 2.78. The molecule has 1 N–H and O–H groups in total. The highest BCUT2D eigenvalue weighted by molar-refractivity contribution is 8.02. The van der Waals surface area contributed by atoms with Crippen molar-refractivity contribution in [3.05, 3.63) is 49.6 Å². The largest absolute Gasteiger partial charge is 0.494 e. The summed E-state index contributed by atoms with van der Waals surface area (Å²) in [5.41, 5.74) is 0.707. The zero-order valence-corrected chi connectivity index (χ0v) is 27.4. The number of hydrogen-bond acceptors (Lipinski definition) is 6. The molecular weight excluding hydrogens is 562 g/mol. The van der Waals surface area contributed by atoms with Crippen molar-refractivity contribution in [2.75, 3.05) is 31.2 Å². The van der Waals surface area contributed by atoms with E-state index in [4.69, 9.17) is 4.74 Å². The Morgan fingerprint density at radius 2 is 1.77 bits per heavy atom. The second kappa shape index (κ2) is 13.1. The van der Waals surface area contributed by atoms with Gasteiger partial charge < -0.3 is 24.5 Å². The third-order valence-electron chi connectivity index (χ3n) is 9.33. The lowest BCUT2D eigenvalue weighted by molar-refractivity contribution is -0.147. The Kier molecular flexibility index (Phi) is 10.1. The molecule has 1 aromatic carbocycles. The van der Waals surface area contributed by atoms with Gasteiger partial charge in [-0.1, -0.05) is 26.0 Å². The van der Waals surface area contributed by atoms with Crippen LogP contribution in [0.25, 0.3) is 0 Å². The van der Waals surface area contributed by atoms with Crippen LogP contribution in [-0.4, -0.2) is 86.6 Å². The normalized spacial score (nSPS) is 28.3. The van der Waals surface area contributed by atoms with Gasteiger partial charge in [-0.25, -0.2) is 0 Å². The standard InChI is InChI=1S/C34H49N3O5S/c1-9-18-35(23(6)7)32(41)29-34-17-16-33(8,43-34)27(28(34)31(40)37(29)25(21-38)20-22(4)5)30(39)36(19-10-2)24-12-14-26(15-13-24)42-11-3/h9-10,12-15,22-23,25,27-29,38H,1-2,11,16-21H2,3-8H3/t25-,27+,28+,29?,33-,34?/m1/s1. The maximum absolute atomic E-state index is 14.7. The fraction of sp³-hybridized carbons (Fsp3) is 0.618. The third kappa shape index (κ3) is 5.75. The lowest BCUT2D eigenvalue weighted by Gasteiger charge is -2.41. The van der Waals surface area contributed by atoms with E-state index in [0.29, 0.717) is 31.7 Å². The summed E-state index contributed by atoms with van der Waals surface area (Å²) in [7, 11) is 0. The summed E-state index contributed by atoms with van der Waals surface area (Å²) < 4.78 is 4.33. The van der Waals surface area contributed by atoms with E-state index < -0.39 is 33.4 Å². The number of rotatable bonds is 14. The van der Waals surface area contributed by atoms with Gasteiger partial charge in [-0.3, -0.25) is 14.4 Å². The molecule has 43 heavy (non-hydrogen) atoms. The Morgan fingerprint density at radius 3 is 2.30 bits per heavy atom. The van der Waals surface area contributed by atoms with Crippen molar-refractivity contribution in [2.24, 2.45) is 17.8 Å². The van der Waals surface area contributed by atoms with E-state index in [1.165, 1.54) is 0 Å². The molecule has 6 atom stereocenters. The molecule has 3 saturated heterocycles. The van der Waals surface area contributed by atoms with Crippen LogP contribution in [0.3, 0.4) is 0 Å². The van der Waals surface area contributed by atoms with Crippen molar-refractivity contribution >= 4 is 35.2 Å². The van der Waals surface area contributed by atoms with E-state index in [2.05, 4.69) is 33.9 Å². The maximum atomic E-state index is 14.7. The summed E-state index contributed by atoms with van der Waals surface area (Å²) in [6.45, 7) is 20.8. The highest BCUT2D eigenvalue weighted by atomic mass is 32.2. The fourth-order valence-corrected chi connectivity index (χ4v) is 9.92. The number of fused-ring (bicyclic) bond motifs is 1. The number of ether oxygens (including phenoxy) is 1. The zero-order chi connectivity index (χ0) is 31.7. The monoisotopic (exact) mass is 611 g/mol. The molecule has 2 bridgehead atoms. The lowest BCUT2D eigenvalue weighted by atomic mass is 9.66. The van der Waals surface area contributed by atoms with Crippen molar-refractivity contribution in [2.45, 2.75) is 88.4 Å². The van der Waals surface area contributed by atoms with Crippen LogP contribution in [0, 0.1) is 17.8 Å². The molecule has 0 aliphatic carbocycles. The van der Waals surface area contributed by atoms with E-state index in [9.17, 15) is 19.5 Å². The first-order valence-corrected chi connectivity index (χ1v) is 16.4. The van der Waals surface area contributed by atoms with Crippen molar-refractivity contribution in [3.8, 4) is 5.75 Å². The van der Waals surface area contributed by atoms with E-state index in [-0.39, 0.29) is 42.8 Å². The number of carbonyl (C=O) groups excluding carboxylic acids is 3. The second-order valence-corrected chi connectivity index (χ2v) is 14.9. The molecule has 3 amide bonds. The smallest absolute Gasteiger partial charge is 0.247 e. The van der Waals surface area contributed by atoms with Gasteiger partial charge in [-0.05, 0) is 77.1 Å². The molecule has 8 nitrogen and oxygen atoms in total. The molecule has 3 heterocycles. The lowest BCUT2D eigenvalue weighted by Crippen LogP contribution is -2.58. The Balaban J connectivity index is 1.82. The quantitative estimate of drug-likeness (QED) is 0.301. The molecule has 0 radical (unpaired) electrons. The fourth-order valence-electron chi connectivity index (χ4n) is 7.59. The van der Waals surface area contributed by atoms with Gasteiger partial charge in [0.15, 0.2) is 0 Å². The first kappa shape index (κ1) is 33.1. The van der Waals surface area contributed by atoms with Crippen LogP contribution in [-0.2, 0) is 14.4 Å². The topological polar surface area (TPSA) is 90.4 Å². The van der Waals surface area contributed by atoms with Crippen LogP contribution in [0.5, 0.6) is 5.75 Å². The number of aliphatic hydroxyl groups is 1. The minimum absolute atomic E-state index is 0.102. The average Bonchev–Trinajstić information content (AvgIpc) is 3.53. The van der Waals surface area contributed by atoms with Crippen LogP contribution in [0.4, 0.5) is 5.69 Å². The molecule has 9 heteroatoms. The van der Waals surface area contributed by atoms with Gasteiger partial charge in [0.2, 0.25) is 17.7 Å². The summed E-state index contributed by atoms with van der Waals surface area (Å²) >= 11 is 1.66. The first-order chi connectivity index (χ1) is 20.4. The molecule has 4 rings (SSSR count). The zero-order valence-electron chi connectivity index (χ0n) is 26.6. The Labute approximate surface area is 261 Å². The van der Waals surface area contributed by atoms with E-state index in [0.717, 1.165) is 12.2 Å². The number of anilines is 1. The van der Waals surface area contributed by atoms with E-state index in [1.807, 2.05) is 45.0 Å². The van der Waals surface area contributed by atoms with Crippen molar-refractivity contribution in [1.29, 1.82) is 0 Å². The molecule has 3 fully saturated rings. The number of benzene rings is 1. The molecule has 2 unspecified atom stereocenters. The predicted molar refractivity (Wildman–Crippen MR) is 173 cm³/mol. The number of carbonyl (C=O) groups is 3. The summed E-state index contributed by atoms with van der Waals surface area (Å²) in [5, 5.41) is 10.6. The Bertz CT molecular complexity index is 1220. The molecule has 0 aromatic heterocycles. The van der Waals surface area contributed by atoms with Crippen molar-refractivity contribution in [1.82, 2.24) is 9.80 Å². The molecule has 3 aliphatic heterocycles. The van der Waals surface area contributed by atoms with E-state index >= 15 is 0 Å². The van der Waals surface area contributed by atoms with Crippen molar-refractivity contribution < 1.29 is 24.2 Å². The van der Waals surface area contributed by atoms with Crippen LogP contribution in [0.2, 0.25) is 0 Å². The van der Waals surface area contributed by atoms with Crippen LogP contribution in [0.1, 0.15) is 60.8 Å². The van der Waals surface area contributed by atoms with Gasteiger partial charge in [-0.15, -0.1) is 24.9 Å². The Hall–Kier alpha value is -2.78. The molecule has 1 spiro atoms. The molecule has 236 valence electrons. The number of amides is 3. The third-order valence-corrected chi connectivity index (χ3v) is 11.3. The van der Waals surface area contributed by atoms with Gasteiger partial charge in [0, 0.05) is 29.6 Å². The molecule has 3 aliphatic rings. The molecular formula is C34H49N3O5S. The number of aliphatic hydroxyl groups excluding tert-OH is 1. The van der Waals surface area contributed by atoms with Gasteiger partial charge in [0.1, 0.15) is 11.8 Å². The minimum Gasteiger partial charge on any atom is -0.494 e. The van der Waals surface area contributed by atoms with E-state index in [1.54, 1.807) is 38.6 Å². The second-order valence-electron chi connectivity index (χ2n) is 13.0. The number of thioether (sulfide) groups is 1. The maximum Gasteiger partial charge on any atom is 0.247 e. The summed E-state index contributed by atoms with van der Waals surface area (Å²) in [4.78, 5) is 49.1. The van der Waals surface area contributed by atoms with Crippen LogP contribution in [0.15, 0.2) is 49.6 Å². The number of nitrogens with zero attached hydrogens (tertiary/aromatic N) is 3. The van der Waals surface area contributed by atoms with Gasteiger partial charge in [0.05, 0.1) is 35.8 Å². The molecule has 0 saturated carbocycles. The number of hydrogen-bond donors (Lipinski definition) is 1. The number of likely N-dealkylation sites (tertiary alicyclic amines) is 1. The van der Waals surface area contributed by atoms with Crippen LogP contribution < -0.4 is 9.64 Å². The average molecular weight is 612 g/mol. The van der Waals surface area contributed by atoms with Crippen molar-refractivity contribution in [3.63, 3.8) is 0 Å². The predicted octanol–water partition coefficient (Wildman–Crippen LogP) is 4.92. The molecule has 1 aromatic rings. The SMILES string of the molecule is C=CCN(C(=O)[C@@H]1[C@H]2C(=O)N([C@@H](CO)CC(C)C)C(C(=O)N(CC=C)C(C)C)C23CC[C@@]1(C)S3)c1ccc(OCC)cc1. The summed E-state index contributed by atoms with van der Waals surface area (Å²) in [6.07, 6.45) is 5.35. The summed E-state index contributed by atoms with van der Waals surface area (Å²) in [6, 6.07) is 6.02. The van der Waals surface area contributed by atoms with Crippen LogP contribution >= 0.6 is 11.8 Å². The van der Waals surface area contributed by atoms with Gasteiger partial charge in [-0.2, -0.15) is 0 Å². The van der Waals surface area contributed by atoms with Gasteiger partial charge >= 0.3 is 0 Å². The minimum atomic E-state index is -0.772. The first-order valence-electron chi connectivity index (χ1n) is 15.6. The summed E-state index contributed by atoms with van der Waals surface area (Å²) in [5.74, 6) is -0.844. The highest BCUT2D eigenvalue weighted by Crippen LogP contribution is 2.72. The Morgan fingerprint density at radius 1 is 1.12 bits per heavy atom.